The van der Waals surface area contributed by atoms with Crippen molar-refractivity contribution in [3.05, 3.63) is 24.0 Å². The third-order valence-electron chi connectivity index (χ3n) is 2.68. The highest BCUT2D eigenvalue weighted by Gasteiger charge is 2.10. The summed E-state index contributed by atoms with van der Waals surface area (Å²) in [5.74, 6) is -0.387. The van der Waals surface area contributed by atoms with Gasteiger partial charge in [0.25, 0.3) is 0 Å². The normalized spacial score (nSPS) is 14.9. The molecule has 0 spiro atoms. The van der Waals surface area contributed by atoms with Crippen LogP contribution in [-0.2, 0) is 11.3 Å². The zero-order valence-corrected chi connectivity index (χ0v) is 9.53. The fourth-order valence-corrected chi connectivity index (χ4v) is 1.40. The van der Waals surface area contributed by atoms with Gasteiger partial charge in [0.1, 0.15) is 0 Å². The molecule has 0 aliphatic heterocycles. The molecule has 0 saturated heterocycles. The first-order chi connectivity index (χ1) is 7.04. The molecule has 1 amide bonds. The summed E-state index contributed by atoms with van der Waals surface area (Å²) in [4.78, 5) is 10.9. The Labute approximate surface area is 90.5 Å². The Kier molecular flexibility index (Phi) is 3.91. The molecule has 0 aliphatic rings. The number of hydrogen-bond donors (Lipinski definition) is 2. The molecule has 1 rings (SSSR count). The van der Waals surface area contributed by atoms with Crippen LogP contribution in [0.4, 0.5) is 0 Å². The molecule has 0 bridgehead atoms. The van der Waals surface area contributed by atoms with Crippen LogP contribution in [0, 0.1) is 5.92 Å². The lowest BCUT2D eigenvalue weighted by Crippen LogP contribution is -2.24. The molecule has 0 radical (unpaired) electrons. The fraction of sp³-hybridized carbons (Fsp3) is 0.545. The Bertz CT molecular complexity index is 332. The number of amides is 1. The summed E-state index contributed by atoms with van der Waals surface area (Å²) in [5.41, 5.74) is 6.43. The Morgan fingerprint density at radius 3 is 2.80 bits per heavy atom. The van der Waals surface area contributed by atoms with Crippen molar-refractivity contribution < 1.29 is 4.79 Å². The first-order valence-corrected chi connectivity index (χ1v) is 5.17. The maximum Gasteiger partial charge on any atom is 0.222 e. The second-order valence-electron chi connectivity index (χ2n) is 3.96. The van der Waals surface area contributed by atoms with Crippen LogP contribution in [0.25, 0.3) is 0 Å². The first-order valence-electron chi connectivity index (χ1n) is 5.17. The molecule has 2 atom stereocenters. The average molecular weight is 209 g/mol. The van der Waals surface area contributed by atoms with Crippen LogP contribution in [0.2, 0.25) is 0 Å². The maximum absolute atomic E-state index is 10.9. The molecule has 0 aliphatic carbocycles. The predicted molar refractivity (Wildman–Crippen MR) is 60.3 cm³/mol. The quantitative estimate of drug-likeness (QED) is 0.756. The maximum atomic E-state index is 10.9. The zero-order chi connectivity index (χ0) is 11.4. The van der Waals surface area contributed by atoms with E-state index in [9.17, 15) is 4.79 Å². The number of nitrogens with one attached hydrogen (secondary N) is 1. The van der Waals surface area contributed by atoms with Crippen molar-refractivity contribution in [3.8, 4) is 0 Å². The third-order valence-corrected chi connectivity index (χ3v) is 2.68. The summed E-state index contributed by atoms with van der Waals surface area (Å²) in [7, 11) is 1.92. The van der Waals surface area contributed by atoms with Crippen LogP contribution in [0.1, 0.15) is 25.5 Å². The minimum atomic E-state index is -0.257. The van der Waals surface area contributed by atoms with Crippen LogP contribution in [-0.4, -0.2) is 17.5 Å². The SMILES string of the molecule is CNC(C)c1ccn(CC(C)C(N)=O)c1. The van der Waals surface area contributed by atoms with Crippen molar-refractivity contribution in [2.45, 2.75) is 26.4 Å². The lowest BCUT2D eigenvalue weighted by Gasteiger charge is -2.09. The highest BCUT2D eigenvalue weighted by atomic mass is 16.1. The Morgan fingerprint density at radius 1 is 1.60 bits per heavy atom. The van der Waals surface area contributed by atoms with Gasteiger partial charge in [0.2, 0.25) is 5.91 Å². The van der Waals surface area contributed by atoms with E-state index in [2.05, 4.69) is 18.3 Å². The number of nitrogens with zero attached hydrogens (tertiary/aromatic N) is 1. The van der Waals surface area contributed by atoms with Gasteiger partial charge in [-0.05, 0) is 25.6 Å². The van der Waals surface area contributed by atoms with Gasteiger partial charge < -0.3 is 15.6 Å². The standard InChI is InChI=1S/C11H19N3O/c1-8(11(12)15)6-14-5-4-10(7-14)9(2)13-3/h4-5,7-9,13H,6H2,1-3H3,(H2,12,15). The molecule has 1 aromatic heterocycles. The number of carbonyl (C=O) groups is 1. The summed E-state index contributed by atoms with van der Waals surface area (Å²) < 4.78 is 2.00. The Morgan fingerprint density at radius 2 is 2.27 bits per heavy atom. The van der Waals surface area contributed by atoms with Gasteiger partial charge in [0.05, 0.1) is 5.92 Å². The molecule has 0 aromatic carbocycles. The van der Waals surface area contributed by atoms with Gasteiger partial charge in [-0.25, -0.2) is 0 Å². The number of nitrogens with two attached hydrogens (primary N) is 1. The molecule has 4 nitrogen and oxygen atoms in total. The second-order valence-corrected chi connectivity index (χ2v) is 3.96. The van der Waals surface area contributed by atoms with Crippen LogP contribution in [0.5, 0.6) is 0 Å². The molecule has 2 unspecified atom stereocenters. The molecule has 84 valence electrons. The van der Waals surface area contributed by atoms with Gasteiger partial charge in [-0.1, -0.05) is 6.92 Å². The van der Waals surface area contributed by atoms with E-state index in [0.717, 1.165) is 0 Å². The van der Waals surface area contributed by atoms with Crippen LogP contribution in [0.15, 0.2) is 18.5 Å². The molecule has 1 heterocycles. The smallest absolute Gasteiger partial charge is 0.222 e. The Balaban J connectivity index is 2.64. The number of primary amides is 1. The summed E-state index contributed by atoms with van der Waals surface area (Å²) in [6.07, 6.45) is 4.02. The van der Waals surface area contributed by atoms with Crippen LogP contribution < -0.4 is 11.1 Å². The van der Waals surface area contributed by atoms with Crippen molar-refractivity contribution in [3.63, 3.8) is 0 Å². The van der Waals surface area contributed by atoms with Gasteiger partial charge >= 0.3 is 0 Å². The van der Waals surface area contributed by atoms with E-state index in [4.69, 9.17) is 5.73 Å². The largest absolute Gasteiger partial charge is 0.369 e. The second kappa shape index (κ2) is 4.98. The molecule has 15 heavy (non-hydrogen) atoms. The zero-order valence-electron chi connectivity index (χ0n) is 9.53. The summed E-state index contributed by atoms with van der Waals surface area (Å²) >= 11 is 0. The number of hydrogen-bond acceptors (Lipinski definition) is 2. The molecular formula is C11H19N3O. The van der Waals surface area contributed by atoms with E-state index >= 15 is 0 Å². The number of rotatable bonds is 5. The van der Waals surface area contributed by atoms with Crippen molar-refractivity contribution in [1.29, 1.82) is 0 Å². The van der Waals surface area contributed by atoms with Crippen molar-refractivity contribution >= 4 is 5.91 Å². The van der Waals surface area contributed by atoms with E-state index in [-0.39, 0.29) is 11.8 Å². The molecule has 0 fully saturated rings. The minimum Gasteiger partial charge on any atom is -0.369 e. The highest BCUT2D eigenvalue weighted by molar-refractivity contribution is 5.76. The van der Waals surface area contributed by atoms with E-state index in [1.165, 1.54) is 5.56 Å². The van der Waals surface area contributed by atoms with Gasteiger partial charge in [-0.15, -0.1) is 0 Å². The van der Waals surface area contributed by atoms with Gasteiger partial charge in [0.15, 0.2) is 0 Å². The average Bonchev–Trinajstić information content (AvgIpc) is 2.65. The van der Waals surface area contributed by atoms with Gasteiger partial charge in [-0.2, -0.15) is 0 Å². The molecule has 1 aromatic rings. The van der Waals surface area contributed by atoms with Gasteiger partial charge in [-0.3, -0.25) is 4.79 Å². The first kappa shape index (κ1) is 11.8. The van der Waals surface area contributed by atoms with E-state index < -0.39 is 0 Å². The fourth-order valence-electron chi connectivity index (χ4n) is 1.40. The topological polar surface area (TPSA) is 60.1 Å². The van der Waals surface area contributed by atoms with Gasteiger partial charge in [0, 0.05) is 25.0 Å². The minimum absolute atomic E-state index is 0.129. The molecular weight excluding hydrogens is 190 g/mol. The molecule has 3 N–H and O–H groups in total. The number of carbonyl (C=O) groups excluding carboxylic acids is 1. The van der Waals surface area contributed by atoms with Crippen molar-refractivity contribution in [2.24, 2.45) is 11.7 Å². The predicted octanol–water partition coefficient (Wildman–Crippen LogP) is 0.890. The monoisotopic (exact) mass is 209 g/mol. The third kappa shape index (κ3) is 3.09. The van der Waals surface area contributed by atoms with E-state index in [1.807, 2.05) is 30.9 Å². The van der Waals surface area contributed by atoms with E-state index in [0.29, 0.717) is 12.6 Å². The lowest BCUT2D eigenvalue weighted by molar-refractivity contribution is -0.121. The Hall–Kier alpha value is -1.29. The van der Waals surface area contributed by atoms with Crippen molar-refractivity contribution in [2.75, 3.05) is 7.05 Å². The molecule has 4 heteroatoms. The van der Waals surface area contributed by atoms with E-state index in [1.54, 1.807) is 0 Å². The van der Waals surface area contributed by atoms with Crippen LogP contribution >= 0.6 is 0 Å². The summed E-state index contributed by atoms with van der Waals surface area (Å²) in [6.45, 7) is 4.58. The van der Waals surface area contributed by atoms with Crippen molar-refractivity contribution in [1.82, 2.24) is 9.88 Å². The molecule has 0 saturated carbocycles. The summed E-state index contributed by atoms with van der Waals surface area (Å²) in [5, 5.41) is 3.17. The lowest BCUT2D eigenvalue weighted by atomic mass is 10.1. The highest BCUT2D eigenvalue weighted by Crippen LogP contribution is 2.13. The number of aromatic nitrogens is 1. The summed E-state index contributed by atoms with van der Waals surface area (Å²) in [6, 6.07) is 2.38. The van der Waals surface area contributed by atoms with Crippen LogP contribution in [0.3, 0.4) is 0 Å².